The average Bonchev–Trinajstić information content (AvgIpc) is 2.63. The molecule has 1 unspecified atom stereocenters. The first-order valence-corrected chi connectivity index (χ1v) is 5.37. The predicted molar refractivity (Wildman–Crippen MR) is 62.2 cm³/mol. The Balaban J connectivity index is 2.87. The molecule has 5 nitrogen and oxygen atoms in total. The molecule has 0 amide bonds. The van der Waals surface area contributed by atoms with Crippen LogP contribution in [-0.4, -0.2) is 28.2 Å². The number of ether oxygens (including phenoxy) is 1. The van der Waals surface area contributed by atoms with Crippen LogP contribution < -0.4 is 5.32 Å². The van der Waals surface area contributed by atoms with Crippen LogP contribution in [0.3, 0.4) is 0 Å². The maximum absolute atomic E-state index is 11.7. The van der Waals surface area contributed by atoms with Gasteiger partial charge in [-0.25, -0.2) is 9.78 Å². The molecule has 0 aliphatic carbocycles. The molecule has 5 heteroatoms. The highest BCUT2D eigenvalue weighted by atomic mass is 16.5. The van der Waals surface area contributed by atoms with Crippen LogP contribution in [0.5, 0.6) is 0 Å². The minimum absolute atomic E-state index is 0.266. The maximum Gasteiger partial charge on any atom is 0.331 e. The second-order valence-corrected chi connectivity index (χ2v) is 4.06. The molecule has 90 valence electrons. The van der Waals surface area contributed by atoms with Gasteiger partial charge in [-0.05, 0) is 13.3 Å². The molecule has 0 fully saturated rings. The maximum atomic E-state index is 11.7. The van der Waals surface area contributed by atoms with Gasteiger partial charge in [-0.1, -0.05) is 13.3 Å². The van der Waals surface area contributed by atoms with Crippen molar-refractivity contribution >= 4 is 11.9 Å². The van der Waals surface area contributed by atoms with Gasteiger partial charge in [0.2, 0.25) is 5.95 Å². The number of carbonyl (C=O) groups is 1. The summed E-state index contributed by atoms with van der Waals surface area (Å²) in [5.74, 6) is 0.402. The fourth-order valence-electron chi connectivity index (χ4n) is 1.67. The fourth-order valence-corrected chi connectivity index (χ4v) is 1.67. The van der Waals surface area contributed by atoms with E-state index in [1.54, 1.807) is 6.20 Å². The number of methoxy groups -OCH3 is 1. The summed E-state index contributed by atoms with van der Waals surface area (Å²) in [6, 6.07) is 0. The third-order valence-electron chi connectivity index (χ3n) is 2.59. The van der Waals surface area contributed by atoms with Gasteiger partial charge >= 0.3 is 5.97 Å². The van der Waals surface area contributed by atoms with E-state index < -0.39 is 5.54 Å². The molecule has 0 aliphatic heterocycles. The van der Waals surface area contributed by atoms with Crippen molar-refractivity contribution in [3.63, 3.8) is 0 Å². The molecule has 1 atom stereocenters. The minimum atomic E-state index is -0.720. The summed E-state index contributed by atoms with van der Waals surface area (Å²) in [7, 11) is 3.27. The van der Waals surface area contributed by atoms with E-state index in [-0.39, 0.29) is 5.97 Å². The standard InChI is InChI=1S/C11H19N3O2/c1-5-6-11(2,9(15)16-4)13-10-12-7-8-14(10)3/h7-8H,5-6H2,1-4H3,(H,12,13). The molecule has 0 aromatic carbocycles. The van der Waals surface area contributed by atoms with Crippen LogP contribution in [-0.2, 0) is 16.6 Å². The Bertz CT molecular complexity index is 362. The number of esters is 1. The molecule has 0 bridgehead atoms. The minimum Gasteiger partial charge on any atom is -0.467 e. The molecule has 1 aromatic rings. The van der Waals surface area contributed by atoms with E-state index in [0.29, 0.717) is 12.4 Å². The lowest BCUT2D eigenvalue weighted by Gasteiger charge is -2.27. The monoisotopic (exact) mass is 225 g/mol. The Morgan fingerprint density at radius 2 is 2.38 bits per heavy atom. The quantitative estimate of drug-likeness (QED) is 0.773. The zero-order valence-electron chi connectivity index (χ0n) is 10.3. The number of carbonyl (C=O) groups excluding carboxylic acids is 1. The van der Waals surface area contributed by atoms with Crippen molar-refractivity contribution in [3.8, 4) is 0 Å². The number of hydrogen-bond donors (Lipinski definition) is 1. The van der Waals surface area contributed by atoms with Crippen molar-refractivity contribution < 1.29 is 9.53 Å². The van der Waals surface area contributed by atoms with Gasteiger partial charge in [0, 0.05) is 19.4 Å². The van der Waals surface area contributed by atoms with Crippen molar-refractivity contribution in [1.82, 2.24) is 9.55 Å². The summed E-state index contributed by atoms with van der Waals surface area (Å²) >= 11 is 0. The van der Waals surface area contributed by atoms with Crippen LogP contribution in [0.15, 0.2) is 12.4 Å². The van der Waals surface area contributed by atoms with Gasteiger partial charge in [-0.3, -0.25) is 0 Å². The van der Waals surface area contributed by atoms with E-state index in [9.17, 15) is 4.79 Å². The van der Waals surface area contributed by atoms with Crippen LogP contribution in [0.1, 0.15) is 26.7 Å². The molecule has 0 radical (unpaired) electrons. The van der Waals surface area contributed by atoms with Gasteiger partial charge < -0.3 is 14.6 Å². The molecule has 1 N–H and O–H groups in total. The highest BCUT2D eigenvalue weighted by molar-refractivity contribution is 5.83. The number of anilines is 1. The van der Waals surface area contributed by atoms with Crippen LogP contribution >= 0.6 is 0 Å². The van der Waals surface area contributed by atoms with E-state index in [2.05, 4.69) is 10.3 Å². The normalized spacial score (nSPS) is 14.2. The lowest BCUT2D eigenvalue weighted by molar-refractivity contribution is -0.145. The van der Waals surface area contributed by atoms with E-state index in [0.717, 1.165) is 6.42 Å². The Hall–Kier alpha value is -1.52. The van der Waals surface area contributed by atoms with Crippen molar-refractivity contribution in [1.29, 1.82) is 0 Å². The van der Waals surface area contributed by atoms with Crippen molar-refractivity contribution in [3.05, 3.63) is 12.4 Å². The highest BCUT2D eigenvalue weighted by Gasteiger charge is 2.34. The summed E-state index contributed by atoms with van der Waals surface area (Å²) in [4.78, 5) is 15.9. The summed E-state index contributed by atoms with van der Waals surface area (Å²) in [6.45, 7) is 3.86. The van der Waals surface area contributed by atoms with Crippen molar-refractivity contribution in [2.24, 2.45) is 7.05 Å². The molecule has 1 heterocycles. The third-order valence-corrected chi connectivity index (χ3v) is 2.59. The van der Waals surface area contributed by atoms with Gasteiger partial charge in [0.1, 0.15) is 5.54 Å². The van der Waals surface area contributed by atoms with E-state index >= 15 is 0 Å². The Labute approximate surface area is 95.8 Å². The fraction of sp³-hybridized carbons (Fsp3) is 0.636. The molecule has 0 saturated heterocycles. The summed E-state index contributed by atoms with van der Waals surface area (Å²) in [5.41, 5.74) is -0.720. The van der Waals surface area contributed by atoms with Crippen molar-refractivity contribution in [2.75, 3.05) is 12.4 Å². The first-order valence-electron chi connectivity index (χ1n) is 5.37. The Morgan fingerprint density at radius 3 is 2.81 bits per heavy atom. The molecule has 1 rings (SSSR count). The topological polar surface area (TPSA) is 56.2 Å². The average molecular weight is 225 g/mol. The second-order valence-electron chi connectivity index (χ2n) is 4.06. The molecule has 0 spiro atoms. The Morgan fingerprint density at radius 1 is 1.69 bits per heavy atom. The molecule has 0 aliphatic rings. The SMILES string of the molecule is CCCC(C)(Nc1nccn1C)C(=O)OC. The van der Waals surface area contributed by atoms with Gasteiger partial charge in [-0.15, -0.1) is 0 Å². The van der Waals surface area contributed by atoms with Gasteiger partial charge in [0.05, 0.1) is 7.11 Å². The molecular weight excluding hydrogens is 206 g/mol. The van der Waals surface area contributed by atoms with Gasteiger partial charge in [-0.2, -0.15) is 0 Å². The number of aryl methyl sites for hydroxylation is 1. The molecule has 1 aromatic heterocycles. The molecule has 0 saturated carbocycles. The van der Waals surface area contributed by atoms with Gasteiger partial charge in [0.15, 0.2) is 0 Å². The number of aromatic nitrogens is 2. The lowest BCUT2D eigenvalue weighted by atomic mass is 9.96. The van der Waals surface area contributed by atoms with E-state index in [1.165, 1.54) is 7.11 Å². The van der Waals surface area contributed by atoms with Crippen LogP contribution in [0.4, 0.5) is 5.95 Å². The van der Waals surface area contributed by atoms with Crippen LogP contribution in [0, 0.1) is 0 Å². The smallest absolute Gasteiger partial charge is 0.331 e. The lowest BCUT2D eigenvalue weighted by Crippen LogP contribution is -2.44. The first-order chi connectivity index (χ1) is 7.53. The van der Waals surface area contributed by atoms with Crippen molar-refractivity contribution in [2.45, 2.75) is 32.2 Å². The Kier molecular flexibility index (Phi) is 3.93. The largest absolute Gasteiger partial charge is 0.467 e. The highest BCUT2D eigenvalue weighted by Crippen LogP contribution is 2.20. The zero-order chi connectivity index (χ0) is 12.2. The van der Waals surface area contributed by atoms with E-state index in [1.807, 2.05) is 31.7 Å². The summed E-state index contributed by atoms with van der Waals surface area (Å²) in [5, 5.41) is 3.13. The predicted octanol–water partition coefficient (Wildman–Crippen LogP) is 1.56. The number of rotatable bonds is 5. The van der Waals surface area contributed by atoms with Gasteiger partial charge in [0.25, 0.3) is 0 Å². The summed E-state index contributed by atoms with van der Waals surface area (Å²) in [6.07, 6.45) is 5.10. The third kappa shape index (κ3) is 2.53. The molecular formula is C11H19N3O2. The van der Waals surface area contributed by atoms with E-state index in [4.69, 9.17) is 4.74 Å². The van der Waals surface area contributed by atoms with Crippen LogP contribution in [0.2, 0.25) is 0 Å². The first kappa shape index (κ1) is 12.5. The number of nitrogens with one attached hydrogen (secondary N) is 1. The second kappa shape index (κ2) is 5.01. The number of imidazole rings is 1. The summed E-state index contributed by atoms with van der Waals surface area (Å²) < 4.78 is 6.65. The molecule has 16 heavy (non-hydrogen) atoms. The zero-order valence-corrected chi connectivity index (χ0v) is 10.3. The van der Waals surface area contributed by atoms with Crippen LogP contribution in [0.25, 0.3) is 0 Å². The number of hydrogen-bond acceptors (Lipinski definition) is 4. The number of nitrogens with zero attached hydrogens (tertiary/aromatic N) is 2.